The summed E-state index contributed by atoms with van der Waals surface area (Å²) in [6.07, 6.45) is 8.42. The molecule has 3 nitrogen and oxygen atoms in total. The molecule has 0 rings (SSSR count). The summed E-state index contributed by atoms with van der Waals surface area (Å²) in [5.74, 6) is 0. The smallest absolute Gasteiger partial charge is 0.0897 e. The van der Waals surface area contributed by atoms with Gasteiger partial charge in [-0.2, -0.15) is 0 Å². The molecule has 0 aliphatic carbocycles. The van der Waals surface area contributed by atoms with E-state index >= 15 is 0 Å². The van der Waals surface area contributed by atoms with E-state index in [2.05, 4.69) is 33.0 Å². The molecule has 0 fully saturated rings. The van der Waals surface area contributed by atoms with Crippen LogP contribution >= 0.6 is 0 Å². The summed E-state index contributed by atoms with van der Waals surface area (Å²) in [7, 11) is 0. The van der Waals surface area contributed by atoms with E-state index in [1.807, 2.05) is 0 Å². The minimum Gasteiger partial charge on any atom is -0.389 e. The van der Waals surface area contributed by atoms with Crippen molar-refractivity contribution in [2.75, 3.05) is 26.3 Å². The van der Waals surface area contributed by atoms with Crippen LogP contribution in [0.15, 0.2) is 0 Å². The van der Waals surface area contributed by atoms with E-state index in [0.29, 0.717) is 18.6 Å². The highest BCUT2D eigenvalue weighted by Crippen LogP contribution is 2.17. The number of ether oxygens (including phenoxy) is 1. The lowest BCUT2D eigenvalue weighted by Crippen LogP contribution is -2.36. The quantitative estimate of drug-likeness (QED) is 0.478. The van der Waals surface area contributed by atoms with Crippen molar-refractivity contribution < 1.29 is 9.84 Å². The van der Waals surface area contributed by atoms with Crippen LogP contribution in [0, 0.1) is 5.41 Å². The van der Waals surface area contributed by atoms with Gasteiger partial charge in [-0.15, -0.1) is 0 Å². The van der Waals surface area contributed by atoms with Gasteiger partial charge in [-0.25, -0.2) is 0 Å². The highest BCUT2D eigenvalue weighted by Gasteiger charge is 2.14. The molecule has 0 aromatic heterocycles. The number of unbranched alkanes of at least 4 members (excludes halogenated alkanes) is 5. The SMILES string of the molecule is CCCCCCCCOCC(O)CNCC(C)(C)CC. The molecule has 0 aliphatic heterocycles. The van der Waals surface area contributed by atoms with Gasteiger partial charge in [0.1, 0.15) is 0 Å². The lowest BCUT2D eigenvalue weighted by atomic mass is 9.90. The molecule has 0 saturated carbocycles. The fourth-order valence-electron chi connectivity index (χ4n) is 1.96. The molecule has 0 radical (unpaired) electrons. The number of nitrogens with one attached hydrogen (secondary N) is 1. The third kappa shape index (κ3) is 12.9. The summed E-state index contributed by atoms with van der Waals surface area (Å²) >= 11 is 0. The van der Waals surface area contributed by atoms with Crippen molar-refractivity contribution in [3.8, 4) is 0 Å². The fourth-order valence-corrected chi connectivity index (χ4v) is 1.96. The highest BCUT2D eigenvalue weighted by atomic mass is 16.5. The Hall–Kier alpha value is -0.120. The molecule has 0 aromatic carbocycles. The first-order valence-corrected chi connectivity index (χ1v) is 8.48. The first kappa shape index (κ1) is 19.9. The molecule has 0 spiro atoms. The maximum absolute atomic E-state index is 9.80. The van der Waals surface area contributed by atoms with E-state index in [-0.39, 0.29) is 6.10 Å². The summed E-state index contributed by atoms with van der Waals surface area (Å²) in [5, 5.41) is 13.1. The Morgan fingerprint density at radius 1 is 1.05 bits per heavy atom. The van der Waals surface area contributed by atoms with Gasteiger partial charge in [-0.3, -0.25) is 0 Å². The van der Waals surface area contributed by atoms with Crippen molar-refractivity contribution in [3.63, 3.8) is 0 Å². The van der Waals surface area contributed by atoms with Gasteiger partial charge >= 0.3 is 0 Å². The first-order valence-electron chi connectivity index (χ1n) is 8.48. The Morgan fingerprint density at radius 3 is 2.35 bits per heavy atom. The minimum absolute atomic E-state index is 0.305. The second-order valence-electron chi connectivity index (χ2n) is 6.65. The minimum atomic E-state index is -0.386. The van der Waals surface area contributed by atoms with E-state index in [9.17, 15) is 5.11 Å². The predicted molar refractivity (Wildman–Crippen MR) is 87.1 cm³/mol. The predicted octanol–water partition coefficient (Wildman–Crippen LogP) is 3.75. The number of hydrogen-bond acceptors (Lipinski definition) is 3. The Bertz CT molecular complexity index is 207. The van der Waals surface area contributed by atoms with Gasteiger partial charge in [-0.1, -0.05) is 59.8 Å². The lowest BCUT2D eigenvalue weighted by molar-refractivity contribution is 0.0343. The average Bonchev–Trinajstić information content (AvgIpc) is 2.41. The Kier molecular flexibility index (Phi) is 12.5. The van der Waals surface area contributed by atoms with Crippen molar-refractivity contribution >= 4 is 0 Å². The Labute approximate surface area is 126 Å². The number of aliphatic hydroxyl groups excluding tert-OH is 1. The van der Waals surface area contributed by atoms with Crippen LogP contribution in [-0.4, -0.2) is 37.5 Å². The normalized spacial score (nSPS) is 13.7. The largest absolute Gasteiger partial charge is 0.389 e. The van der Waals surface area contributed by atoms with E-state index in [1.54, 1.807) is 0 Å². The molecule has 0 heterocycles. The van der Waals surface area contributed by atoms with Crippen LogP contribution in [0.2, 0.25) is 0 Å². The van der Waals surface area contributed by atoms with E-state index < -0.39 is 0 Å². The van der Waals surface area contributed by atoms with Crippen LogP contribution < -0.4 is 5.32 Å². The van der Waals surface area contributed by atoms with Gasteiger partial charge in [0.05, 0.1) is 12.7 Å². The number of rotatable bonds is 14. The zero-order valence-electron chi connectivity index (χ0n) is 14.2. The maximum atomic E-state index is 9.80. The zero-order chi connectivity index (χ0) is 15.3. The van der Waals surface area contributed by atoms with Gasteiger partial charge in [0.2, 0.25) is 0 Å². The molecule has 20 heavy (non-hydrogen) atoms. The molecule has 2 N–H and O–H groups in total. The number of aliphatic hydroxyl groups is 1. The van der Waals surface area contributed by atoms with Gasteiger partial charge in [-0.05, 0) is 18.3 Å². The molecule has 1 atom stereocenters. The van der Waals surface area contributed by atoms with Gasteiger partial charge in [0.15, 0.2) is 0 Å². The van der Waals surface area contributed by atoms with Crippen LogP contribution in [-0.2, 0) is 4.74 Å². The first-order chi connectivity index (χ1) is 9.52. The summed E-state index contributed by atoms with van der Waals surface area (Å²) < 4.78 is 5.52. The van der Waals surface area contributed by atoms with Crippen molar-refractivity contribution in [1.29, 1.82) is 0 Å². The fraction of sp³-hybridized carbons (Fsp3) is 1.00. The third-order valence-corrected chi connectivity index (χ3v) is 3.89. The monoisotopic (exact) mass is 287 g/mol. The van der Waals surface area contributed by atoms with Crippen LogP contribution in [0.3, 0.4) is 0 Å². The van der Waals surface area contributed by atoms with Crippen LogP contribution in [0.25, 0.3) is 0 Å². The van der Waals surface area contributed by atoms with Crippen LogP contribution in [0.4, 0.5) is 0 Å². The molecule has 1 unspecified atom stereocenters. The molecule has 122 valence electrons. The maximum Gasteiger partial charge on any atom is 0.0897 e. The molecule has 0 bridgehead atoms. The summed E-state index contributed by atoms with van der Waals surface area (Å²) in [6.45, 7) is 11.7. The summed E-state index contributed by atoms with van der Waals surface area (Å²) in [5.41, 5.74) is 0.305. The standard InChI is InChI=1S/C17H37NO2/c1-5-7-8-9-10-11-12-20-14-16(19)13-18-15-17(3,4)6-2/h16,18-19H,5-15H2,1-4H3. The summed E-state index contributed by atoms with van der Waals surface area (Å²) in [4.78, 5) is 0. The third-order valence-electron chi connectivity index (χ3n) is 3.89. The second-order valence-corrected chi connectivity index (χ2v) is 6.65. The van der Waals surface area contributed by atoms with E-state index in [0.717, 1.165) is 26.0 Å². The molecule has 0 amide bonds. The Balaban J connectivity index is 3.30. The molecular formula is C17H37NO2. The number of hydrogen-bond donors (Lipinski definition) is 2. The van der Waals surface area contributed by atoms with Crippen molar-refractivity contribution in [2.45, 2.75) is 78.7 Å². The highest BCUT2D eigenvalue weighted by molar-refractivity contribution is 4.70. The lowest BCUT2D eigenvalue weighted by Gasteiger charge is -2.23. The van der Waals surface area contributed by atoms with E-state index in [1.165, 1.54) is 32.1 Å². The zero-order valence-corrected chi connectivity index (χ0v) is 14.2. The molecule has 0 saturated heterocycles. The molecule has 0 aromatic rings. The van der Waals surface area contributed by atoms with Gasteiger partial charge in [0.25, 0.3) is 0 Å². The van der Waals surface area contributed by atoms with Crippen molar-refractivity contribution in [2.24, 2.45) is 5.41 Å². The van der Waals surface area contributed by atoms with Gasteiger partial charge < -0.3 is 15.2 Å². The summed E-state index contributed by atoms with van der Waals surface area (Å²) in [6, 6.07) is 0. The topological polar surface area (TPSA) is 41.5 Å². The molecule has 0 aliphatic rings. The molecule has 3 heteroatoms. The second kappa shape index (κ2) is 12.6. The van der Waals surface area contributed by atoms with Gasteiger partial charge in [0, 0.05) is 19.7 Å². The molecular weight excluding hydrogens is 250 g/mol. The average molecular weight is 287 g/mol. The van der Waals surface area contributed by atoms with Crippen molar-refractivity contribution in [3.05, 3.63) is 0 Å². The Morgan fingerprint density at radius 2 is 1.70 bits per heavy atom. The van der Waals surface area contributed by atoms with Crippen molar-refractivity contribution in [1.82, 2.24) is 5.32 Å². The van der Waals surface area contributed by atoms with E-state index in [4.69, 9.17) is 4.74 Å². The van der Waals surface area contributed by atoms with Crippen LogP contribution in [0.5, 0.6) is 0 Å². The van der Waals surface area contributed by atoms with Crippen LogP contribution in [0.1, 0.15) is 72.6 Å².